The van der Waals surface area contributed by atoms with E-state index in [-0.39, 0.29) is 29.5 Å². The minimum Gasteiger partial charge on any atom is -0.497 e. The fourth-order valence-electron chi connectivity index (χ4n) is 4.39. The minimum absolute atomic E-state index is 0.0926. The first-order valence-electron chi connectivity index (χ1n) is 9.84. The molecule has 1 amide bonds. The summed E-state index contributed by atoms with van der Waals surface area (Å²) >= 11 is 0. The highest BCUT2D eigenvalue weighted by molar-refractivity contribution is 7.91. The number of sulfone groups is 1. The van der Waals surface area contributed by atoms with Crippen LogP contribution in [-0.4, -0.2) is 63.5 Å². The maximum atomic E-state index is 13.1. The molecule has 7 heteroatoms. The van der Waals surface area contributed by atoms with Crippen LogP contribution in [0.2, 0.25) is 0 Å². The van der Waals surface area contributed by atoms with Gasteiger partial charge in [-0.05, 0) is 43.5 Å². The van der Waals surface area contributed by atoms with Crippen molar-refractivity contribution in [3.63, 3.8) is 0 Å². The van der Waals surface area contributed by atoms with E-state index in [1.165, 1.54) is 0 Å². The van der Waals surface area contributed by atoms with Crippen molar-refractivity contribution in [1.82, 2.24) is 4.90 Å². The highest BCUT2D eigenvalue weighted by Crippen LogP contribution is 2.29. The van der Waals surface area contributed by atoms with Crippen molar-refractivity contribution in [3.05, 3.63) is 29.8 Å². The van der Waals surface area contributed by atoms with Gasteiger partial charge in [0.1, 0.15) is 12.3 Å². The molecule has 2 atom stereocenters. The van der Waals surface area contributed by atoms with E-state index in [4.69, 9.17) is 4.74 Å². The molecule has 2 aliphatic rings. The quantitative estimate of drug-likeness (QED) is 0.737. The van der Waals surface area contributed by atoms with Gasteiger partial charge < -0.3 is 14.5 Å². The Labute approximate surface area is 162 Å². The first-order chi connectivity index (χ1) is 12.9. The Balaban J connectivity index is 1.64. The van der Waals surface area contributed by atoms with Crippen LogP contribution in [0.5, 0.6) is 5.75 Å². The van der Waals surface area contributed by atoms with Crippen LogP contribution in [-0.2, 0) is 21.2 Å². The van der Waals surface area contributed by atoms with Gasteiger partial charge in [0.15, 0.2) is 16.4 Å². The van der Waals surface area contributed by atoms with Gasteiger partial charge in [-0.2, -0.15) is 0 Å². The molecule has 150 valence electrons. The Bertz CT molecular complexity index is 742. The highest BCUT2D eigenvalue weighted by Gasteiger charge is 2.39. The lowest BCUT2D eigenvalue weighted by Gasteiger charge is -2.34. The van der Waals surface area contributed by atoms with Crippen LogP contribution in [0.4, 0.5) is 0 Å². The Morgan fingerprint density at radius 3 is 2.37 bits per heavy atom. The molecule has 1 unspecified atom stereocenters. The van der Waals surface area contributed by atoms with E-state index < -0.39 is 9.84 Å². The number of likely N-dealkylation sites (N-methyl/N-ethyl adjacent to an activating group) is 1. The van der Waals surface area contributed by atoms with Crippen LogP contribution in [0.25, 0.3) is 0 Å². The van der Waals surface area contributed by atoms with Gasteiger partial charge in [-0.3, -0.25) is 4.79 Å². The maximum Gasteiger partial charge on any atom is 0.278 e. The van der Waals surface area contributed by atoms with Gasteiger partial charge in [-0.1, -0.05) is 12.8 Å². The van der Waals surface area contributed by atoms with E-state index in [1.807, 2.05) is 36.2 Å². The molecule has 1 N–H and O–H groups in total. The number of nitrogens with zero attached hydrogens (tertiary/aromatic N) is 1. The van der Waals surface area contributed by atoms with Gasteiger partial charge >= 0.3 is 0 Å². The zero-order valence-electron chi connectivity index (χ0n) is 16.3. The number of hydrogen-bond acceptors (Lipinski definition) is 4. The maximum absolute atomic E-state index is 13.1. The molecular weight excluding hydrogens is 364 g/mol. The van der Waals surface area contributed by atoms with Crippen LogP contribution in [0.3, 0.4) is 0 Å². The van der Waals surface area contributed by atoms with Crippen molar-refractivity contribution in [2.24, 2.45) is 0 Å². The third-order valence-corrected chi connectivity index (χ3v) is 7.48. The van der Waals surface area contributed by atoms with E-state index in [0.717, 1.165) is 48.4 Å². The summed E-state index contributed by atoms with van der Waals surface area (Å²) in [6.45, 7) is 1.14. The second-order valence-corrected chi connectivity index (χ2v) is 10.2. The van der Waals surface area contributed by atoms with Crippen molar-refractivity contribution in [1.29, 1.82) is 0 Å². The summed E-state index contributed by atoms with van der Waals surface area (Å²) in [6.07, 6.45) is 4.84. The summed E-state index contributed by atoms with van der Waals surface area (Å²) in [5.41, 5.74) is 1.15. The molecule has 0 radical (unpaired) electrons. The molecule has 1 aromatic rings. The average Bonchev–Trinajstić information content (AvgIpc) is 3.26. The standard InChI is InChI=1S/C20H30N2O4S/c1-21(13-16-7-9-19(26-2)10-8-16)14-20(23)22(17-5-3-4-6-17)18-11-12-27(24,25)15-18/h7-10,17-18H,3-6,11-15H2,1-2H3/p+1/t18-/m1/s1. The van der Waals surface area contributed by atoms with Crippen molar-refractivity contribution in [2.75, 3.05) is 32.2 Å². The largest absolute Gasteiger partial charge is 0.497 e. The number of ether oxygens (including phenoxy) is 1. The van der Waals surface area contributed by atoms with Gasteiger partial charge in [-0.25, -0.2) is 8.42 Å². The molecule has 1 aromatic carbocycles. The normalized spacial score (nSPS) is 23.3. The summed E-state index contributed by atoms with van der Waals surface area (Å²) < 4.78 is 29.1. The van der Waals surface area contributed by atoms with Gasteiger partial charge in [0, 0.05) is 17.6 Å². The van der Waals surface area contributed by atoms with Crippen LogP contribution in [0.15, 0.2) is 24.3 Å². The molecule has 1 aliphatic heterocycles. The number of hydrogen-bond donors (Lipinski definition) is 1. The predicted molar refractivity (Wildman–Crippen MR) is 105 cm³/mol. The summed E-state index contributed by atoms with van der Waals surface area (Å²) in [4.78, 5) is 16.2. The summed E-state index contributed by atoms with van der Waals surface area (Å²) in [7, 11) is 0.659. The number of nitrogens with one attached hydrogen (secondary N) is 1. The van der Waals surface area contributed by atoms with Gasteiger partial charge in [-0.15, -0.1) is 0 Å². The molecule has 1 saturated heterocycles. The molecule has 0 aromatic heterocycles. The van der Waals surface area contributed by atoms with Gasteiger partial charge in [0.05, 0.1) is 25.7 Å². The van der Waals surface area contributed by atoms with Crippen LogP contribution in [0.1, 0.15) is 37.7 Å². The smallest absolute Gasteiger partial charge is 0.278 e. The first kappa shape index (κ1) is 20.1. The number of benzene rings is 1. The lowest BCUT2D eigenvalue weighted by molar-refractivity contribution is -0.885. The Morgan fingerprint density at radius 2 is 1.81 bits per heavy atom. The zero-order chi connectivity index (χ0) is 19.4. The fourth-order valence-corrected chi connectivity index (χ4v) is 6.10. The molecule has 0 bridgehead atoms. The topological polar surface area (TPSA) is 68.1 Å². The minimum atomic E-state index is -3.00. The third kappa shape index (κ3) is 5.23. The van der Waals surface area contributed by atoms with E-state index in [9.17, 15) is 13.2 Å². The first-order valence-corrected chi connectivity index (χ1v) is 11.7. The second kappa shape index (κ2) is 8.61. The summed E-state index contributed by atoms with van der Waals surface area (Å²) in [6, 6.07) is 7.97. The number of carbonyl (C=O) groups is 1. The lowest BCUT2D eigenvalue weighted by Crippen LogP contribution is -3.09. The van der Waals surface area contributed by atoms with Crippen molar-refractivity contribution in [2.45, 2.75) is 50.7 Å². The monoisotopic (exact) mass is 395 g/mol. The van der Waals surface area contributed by atoms with Crippen molar-refractivity contribution >= 4 is 15.7 Å². The lowest BCUT2D eigenvalue weighted by atomic mass is 10.1. The molecule has 1 aliphatic carbocycles. The van der Waals surface area contributed by atoms with Crippen LogP contribution >= 0.6 is 0 Å². The van der Waals surface area contributed by atoms with Crippen LogP contribution < -0.4 is 9.64 Å². The Hall–Kier alpha value is -1.60. The molecule has 3 rings (SSSR count). The number of carbonyl (C=O) groups excluding carboxylic acids is 1. The average molecular weight is 396 g/mol. The molecule has 1 heterocycles. The summed E-state index contributed by atoms with van der Waals surface area (Å²) in [5.74, 6) is 1.26. The Morgan fingerprint density at radius 1 is 1.15 bits per heavy atom. The second-order valence-electron chi connectivity index (χ2n) is 7.95. The summed E-state index contributed by atoms with van der Waals surface area (Å²) in [5, 5.41) is 0. The van der Waals surface area contributed by atoms with Gasteiger partial charge in [0.25, 0.3) is 5.91 Å². The molecular formula is C20H31N2O4S+. The van der Waals surface area contributed by atoms with Crippen LogP contribution in [0, 0.1) is 0 Å². The predicted octanol–water partition coefficient (Wildman–Crippen LogP) is 0.668. The number of quaternary nitrogens is 1. The highest BCUT2D eigenvalue weighted by atomic mass is 32.2. The van der Waals surface area contributed by atoms with E-state index >= 15 is 0 Å². The van der Waals surface area contributed by atoms with Crippen molar-refractivity contribution < 1.29 is 22.8 Å². The van der Waals surface area contributed by atoms with E-state index in [2.05, 4.69) is 0 Å². The number of amides is 1. The van der Waals surface area contributed by atoms with Crippen molar-refractivity contribution in [3.8, 4) is 5.75 Å². The van der Waals surface area contributed by atoms with Gasteiger partial charge in [0.2, 0.25) is 0 Å². The molecule has 0 spiro atoms. The fraction of sp³-hybridized carbons (Fsp3) is 0.650. The molecule has 27 heavy (non-hydrogen) atoms. The van der Waals surface area contributed by atoms with E-state index in [0.29, 0.717) is 13.0 Å². The molecule has 6 nitrogen and oxygen atoms in total. The molecule has 2 fully saturated rings. The number of rotatable bonds is 7. The van der Waals surface area contributed by atoms with E-state index in [1.54, 1.807) is 7.11 Å². The Kier molecular flexibility index (Phi) is 6.42. The zero-order valence-corrected chi connectivity index (χ0v) is 17.1. The third-order valence-electron chi connectivity index (χ3n) is 5.73. The SMILES string of the molecule is COc1ccc(C[NH+](C)CC(=O)N(C2CCCC2)[C@@H]2CCS(=O)(=O)C2)cc1. The molecule has 1 saturated carbocycles. The number of methoxy groups -OCH3 is 1.